The molecule has 0 atom stereocenters. The summed E-state index contributed by atoms with van der Waals surface area (Å²) in [4.78, 5) is 0.403. The smallest absolute Gasteiger partial charge is 0.104 e. The summed E-state index contributed by atoms with van der Waals surface area (Å²) in [5.74, 6) is 0. The molecule has 0 aliphatic carbocycles. The molecule has 0 radical (unpaired) electrons. The molecule has 0 aliphatic rings. The van der Waals surface area contributed by atoms with Gasteiger partial charge in [-0.25, -0.2) is 0 Å². The maximum atomic E-state index is 5.48. The van der Waals surface area contributed by atoms with Gasteiger partial charge in [0.25, 0.3) is 0 Å². The Bertz CT molecular complexity index is 333. The fourth-order valence-corrected chi connectivity index (χ4v) is 1.04. The predicted molar refractivity (Wildman–Crippen MR) is 59.0 cm³/mol. The molecule has 0 aliphatic heterocycles. The molecule has 0 unspecified atom stereocenters. The van der Waals surface area contributed by atoms with Gasteiger partial charge in [-0.1, -0.05) is 30.4 Å². The van der Waals surface area contributed by atoms with E-state index in [0.29, 0.717) is 4.99 Å². The Hall–Kier alpha value is -1.42. The Morgan fingerprint density at radius 1 is 1.62 bits per heavy atom. The molecule has 0 aromatic heterocycles. The number of thiocarbonyl (C=S) groups is 1. The van der Waals surface area contributed by atoms with E-state index in [1.165, 1.54) is 0 Å². The summed E-state index contributed by atoms with van der Waals surface area (Å²) >= 11 is 4.85. The van der Waals surface area contributed by atoms with Crippen LogP contribution < -0.4 is 11.2 Å². The first-order valence-electron chi connectivity index (χ1n) is 3.83. The molecule has 3 N–H and O–H groups in total. The number of hydrazone groups is 1. The standard InChI is InChI=1S/C9H11N3S/c1-11-12-6-7-3-2-4-8(5-7)9(10)13/h2-6,11H,1H3,(H2,10,13)/b12-6+. The van der Waals surface area contributed by atoms with Crippen molar-refractivity contribution >= 4 is 23.4 Å². The average Bonchev–Trinajstić information content (AvgIpc) is 2.15. The van der Waals surface area contributed by atoms with Gasteiger partial charge in [0.1, 0.15) is 4.99 Å². The second-order valence-electron chi connectivity index (χ2n) is 2.47. The van der Waals surface area contributed by atoms with Crippen LogP contribution in [0.25, 0.3) is 0 Å². The monoisotopic (exact) mass is 193 g/mol. The van der Waals surface area contributed by atoms with Crippen LogP contribution in [0, 0.1) is 0 Å². The van der Waals surface area contributed by atoms with Crippen LogP contribution >= 0.6 is 12.2 Å². The van der Waals surface area contributed by atoms with E-state index in [9.17, 15) is 0 Å². The highest BCUT2D eigenvalue weighted by Gasteiger charge is 1.95. The van der Waals surface area contributed by atoms with Crippen molar-refractivity contribution in [1.29, 1.82) is 0 Å². The Morgan fingerprint density at radius 3 is 3.00 bits per heavy atom. The summed E-state index contributed by atoms with van der Waals surface area (Å²) < 4.78 is 0. The highest BCUT2D eigenvalue weighted by Crippen LogP contribution is 2.02. The molecule has 13 heavy (non-hydrogen) atoms. The van der Waals surface area contributed by atoms with Gasteiger partial charge in [-0.05, 0) is 11.6 Å². The largest absolute Gasteiger partial charge is 0.389 e. The Kier molecular flexibility index (Phi) is 3.40. The topological polar surface area (TPSA) is 50.4 Å². The summed E-state index contributed by atoms with van der Waals surface area (Å²) in [5.41, 5.74) is 9.98. The van der Waals surface area contributed by atoms with E-state index in [0.717, 1.165) is 11.1 Å². The van der Waals surface area contributed by atoms with Crippen molar-refractivity contribution in [3.63, 3.8) is 0 Å². The third-order valence-electron chi connectivity index (χ3n) is 1.51. The predicted octanol–water partition coefficient (Wildman–Crippen LogP) is 0.874. The molecule has 0 spiro atoms. The van der Waals surface area contributed by atoms with Gasteiger partial charge in [-0.2, -0.15) is 5.10 Å². The van der Waals surface area contributed by atoms with Gasteiger partial charge in [-0.3, -0.25) is 0 Å². The summed E-state index contributed by atoms with van der Waals surface area (Å²) in [6.45, 7) is 0. The molecule has 3 nitrogen and oxygen atoms in total. The number of hydrogen-bond acceptors (Lipinski definition) is 3. The van der Waals surface area contributed by atoms with Crippen LogP contribution in [-0.2, 0) is 0 Å². The molecule has 0 fully saturated rings. The van der Waals surface area contributed by atoms with E-state index >= 15 is 0 Å². The lowest BCUT2D eigenvalue weighted by molar-refractivity contribution is 0.908. The van der Waals surface area contributed by atoms with E-state index in [-0.39, 0.29) is 0 Å². The molecule has 0 heterocycles. The van der Waals surface area contributed by atoms with Crippen LogP contribution in [0.15, 0.2) is 29.4 Å². The van der Waals surface area contributed by atoms with Gasteiger partial charge in [0.2, 0.25) is 0 Å². The molecule has 0 saturated heterocycles. The molecular weight excluding hydrogens is 182 g/mol. The third kappa shape index (κ3) is 2.83. The quantitative estimate of drug-likeness (QED) is 0.425. The van der Waals surface area contributed by atoms with E-state index < -0.39 is 0 Å². The lowest BCUT2D eigenvalue weighted by Crippen LogP contribution is -2.09. The van der Waals surface area contributed by atoms with Crippen LogP contribution in [0.2, 0.25) is 0 Å². The Balaban J connectivity index is 2.92. The fraction of sp³-hybridized carbons (Fsp3) is 0.111. The van der Waals surface area contributed by atoms with Crippen LogP contribution in [0.3, 0.4) is 0 Å². The molecule has 68 valence electrons. The highest BCUT2D eigenvalue weighted by atomic mass is 32.1. The number of nitrogens with one attached hydrogen (secondary N) is 1. The zero-order valence-corrected chi connectivity index (χ0v) is 8.14. The number of rotatable bonds is 3. The number of nitrogens with two attached hydrogens (primary N) is 1. The minimum Gasteiger partial charge on any atom is -0.389 e. The van der Waals surface area contributed by atoms with Crippen molar-refractivity contribution in [1.82, 2.24) is 5.43 Å². The number of nitrogens with zero attached hydrogens (tertiary/aromatic N) is 1. The summed E-state index contributed by atoms with van der Waals surface area (Å²) in [5, 5.41) is 3.88. The lowest BCUT2D eigenvalue weighted by atomic mass is 10.1. The summed E-state index contributed by atoms with van der Waals surface area (Å²) in [6, 6.07) is 7.59. The molecule has 0 amide bonds. The summed E-state index contributed by atoms with van der Waals surface area (Å²) in [7, 11) is 1.74. The molecular formula is C9H11N3S. The SMILES string of the molecule is CN/N=C/c1cccc(C(N)=S)c1. The molecule has 0 saturated carbocycles. The number of benzene rings is 1. The van der Waals surface area contributed by atoms with Crippen molar-refractivity contribution in [3.05, 3.63) is 35.4 Å². The van der Waals surface area contributed by atoms with Crippen molar-refractivity contribution in [2.45, 2.75) is 0 Å². The second kappa shape index (κ2) is 4.57. The first-order valence-corrected chi connectivity index (χ1v) is 4.24. The van der Waals surface area contributed by atoms with E-state index in [1.54, 1.807) is 13.3 Å². The van der Waals surface area contributed by atoms with Gasteiger partial charge >= 0.3 is 0 Å². The maximum Gasteiger partial charge on any atom is 0.104 e. The Morgan fingerprint density at radius 2 is 2.38 bits per heavy atom. The van der Waals surface area contributed by atoms with Gasteiger partial charge < -0.3 is 11.2 Å². The summed E-state index contributed by atoms with van der Waals surface area (Å²) in [6.07, 6.45) is 1.71. The van der Waals surface area contributed by atoms with Crippen molar-refractivity contribution in [2.75, 3.05) is 7.05 Å². The van der Waals surface area contributed by atoms with Gasteiger partial charge in [0.15, 0.2) is 0 Å². The highest BCUT2D eigenvalue weighted by molar-refractivity contribution is 7.80. The van der Waals surface area contributed by atoms with Crippen molar-refractivity contribution in [2.24, 2.45) is 10.8 Å². The van der Waals surface area contributed by atoms with E-state index in [2.05, 4.69) is 10.5 Å². The van der Waals surface area contributed by atoms with E-state index in [4.69, 9.17) is 18.0 Å². The van der Waals surface area contributed by atoms with Crippen LogP contribution in [0.1, 0.15) is 11.1 Å². The van der Waals surface area contributed by atoms with Crippen molar-refractivity contribution < 1.29 is 0 Å². The van der Waals surface area contributed by atoms with Crippen LogP contribution in [0.5, 0.6) is 0 Å². The maximum absolute atomic E-state index is 5.48. The zero-order valence-electron chi connectivity index (χ0n) is 7.32. The van der Waals surface area contributed by atoms with E-state index in [1.807, 2.05) is 24.3 Å². The zero-order chi connectivity index (χ0) is 9.68. The Labute approximate surface area is 82.6 Å². The molecule has 1 aromatic carbocycles. The van der Waals surface area contributed by atoms with Crippen LogP contribution in [0.4, 0.5) is 0 Å². The minimum absolute atomic E-state index is 0.403. The first kappa shape index (κ1) is 9.67. The molecule has 4 heteroatoms. The van der Waals surface area contributed by atoms with Crippen molar-refractivity contribution in [3.8, 4) is 0 Å². The van der Waals surface area contributed by atoms with Gasteiger partial charge in [0, 0.05) is 12.6 Å². The molecule has 1 rings (SSSR count). The molecule has 1 aromatic rings. The average molecular weight is 193 g/mol. The van der Waals surface area contributed by atoms with Gasteiger partial charge in [0.05, 0.1) is 6.21 Å². The molecule has 0 bridgehead atoms. The number of hydrogen-bond donors (Lipinski definition) is 2. The second-order valence-corrected chi connectivity index (χ2v) is 2.91. The minimum atomic E-state index is 0.403. The fourth-order valence-electron chi connectivity index (χ4n) is 0.911. The first-order chi connectivity index (χ1) is 6.24. The lowest BCUT2D eigenvalue weighted by Gasteiger charge is -1.98. The van der Waals surface area contributed by atoms with Gasteiger partial charge in [-0.15, -0.1) is 0 Å². The van der Waals surface area contributed by atoms with Crippen LogP contribution in [-0.4, -0.2) is 18.3 Å². The third-order valence-corrected chi connectivity index (χ3v) is 1.75. The normalized spacial score (nSPS) is 10.2.